The molecular weight excluding hydrogens is 240 g/mol. The summed E-state index contributed by atoms with van der Waals surface area (Å²) < 4.78 is 7.15. The molecule has 0 bridgehead atoms. The average Bonchev–Trinajstić information content (AvgIpc) is 2.70. The van der Waals surface area contributed by atoms with Gasteiger partial charge in [0.1, 0.15) is 0 Å². The molecule has 19 heavy (non-hydrogen) atoms. The summed E-state index contributed by atoms with van der Waals surface area (Å²) in [6, 6.07) is 4.29. The third-order valence-corrected chi connectivity index (χ3v) is 3.27. The van der Waals surface area contributed by atoms with Crippen molar-refractivity contribution in [3.8, 4) is 5.88 Å². The first-order chi connectivity index (χ1) is 9.13. The van der Waals surface area contributed by atoms with Crippen LogP contribution in [0.5, 0.6) is 5.88 Å². The van der Waals surface area contributed by atoms with Crippen LogP contribution in [0.2, 0.25) is 0 Å². The smallest absolute Gasteiger partial charge is 0.216 e. The lowest BCUT2D eigenvalue weighted by atomic mass is 10.1. The monoisotopic (exact) mass is 260 g/mol. The molecule has 2 heterocycles. The Morgan fingerprint density at radius 3 is 2.68 bits per heavy atom. The maximum atomic E-state index is 5.39. The van der Waals surface area contributed by atoms with Crippen LogP contribution in [-0.2, 0) is 13.6 Å². The number of methoxy groups -OCH3 is 1. The number of pyridine rings is 1. The molecule has 0 spiro atoms. The van der Waals surface area contributed by atoms with Gasteiger partial charge in [0.15, 0.2) is 0 Å². The van der Waals surface area contributed by atoms with E-state index in [1.165, 1.54) is 5.56 Å². The van der Waals surface area contributed by atoms with Crippen molar-refractivity contribution in [2.75, 3.05) is 7.11 Å². The number of nitrogens with zero attached hydrogens (tertiary/aromatic N) is 3. The lowest BCUT2D eigenvalue weighted by Gasteiger charge is -2.14. The molecule has 1 atom stereocenters. The van der Waals surface area contributed by atoms with Gasteiger partial charge in [-0.2, -0.15) is 5.10 Å². The third-order valence-electron chi connectivity index (χ3n) is 3.27. The lowest BCUT2D eigenvalue weighted by molar-refractivity contribution is 0.367. The summed E-state index contributed by atoms with van der Waals surface area (Å²) in [7, 11) is 3.56. The molecule has 0 aliphatic carbocycles. The van der Waals surface area contributed by atoms with Gasteiger partial charge in [-0.05, 0) is 31.5 Å². The van der Waals surface area contributed by atoms with Crippen molar-refractivity contribution in [2.45, 2.75) is 26.4 Å². The number of rotatable bonds is 5. The van der Waals surface area contributed by atoms with Gasteiger partial charge in [-0.1, -0.05) is 0 Å². The minimum Gasteiger partial charge on any atom is -0.481 e. The van der Waals surface area contributed by atoms with Crippen LogP contribution in [0.15, 0.2) is 24.5 Å². The van der Waals surface area contributed by atoms with E-state index in [4.69, 9.17) is 4.74 Å². The average molecular weight is 260 g/mol. The van der Waals surface area contributed by atoms with E-state index in [1.807, 2.05) is 38.5 Å². The molecule has 2 aromatic rings. The van der Waals surface area contributed by atoms with E-state index in [-0.39, 0.29) is 6.04 Å². The summed E-state index contributed by atoms with van der Waals surface area (Å²) in [5, 5.41) is 7.86. The Bertz CT molecular complexity index is 536. The van der Waals surface area contributed by atoms with Crippen LogP contribution < -0.4 is 10.1 Å². The predicted octanol–water partition coefficient (Wildman–Crippen LogP) is 1.98. The third kappa shape index (κ3) is 2.93. The number of aromatic nitrogens is 3. The largest absolute Gasteiger partial charge is 0.481 e. The van der Waals surface area contributed by atoms with Gasteiger partial charge in [0.05, 0.1) is 18.4 Å². The first kappa shape index (κ1) is 13.5. The van der Waals surface area contributed by atoms with E-state index in [2.05, 4.69) is 22.3 Å². The number of nitrogens with one attached hydrogen (secondary N) is 1. The Labute approximate surface area is 113 Å². The topological polar surface area (TPSA) is 52.0 Å². The summed E-state index contributed by atoms with van der Waals surface area (Å²) in [5.41, 5.74) is 3.31. The Kier molecular flexibility index (Phi) is 4.16. The van der Waals surface area contributed by atoms with Crippen LogP contribution in [0.4, 0.5) is 0 Å². The molecule has 0 saturated heterocycles. The zero-order valence-electron chi connectivity index (χ0n) is 11.8. The molecule has 0 saturated carbocycles. The van der Waals surface area contributed by atoms with Crippen LogP contribution in [0.1, 0.15) is 29.8 Å². The van der Waals surface area contributed by atoms with Crippen LogP contribution in [0.3, 0.4) is 0 Å². The van der Waals surface area contributed by atoms with Crippen LogP contribution in [-0.4, -0.2) is 21.9 Å². The molecular formula is C14H20N4O. The van der Waals surface area contributed by atoms with Crippen molar-refractivity contribution >= 4 is 0 Å². The van der Waals surface area contributed by atoms with Gasteiger partial charge in [-0.25, -0.2) is 4.68 Å². The van der Waals surface area contributed by atoms with Gasteiger partial charge < -0.3 is 10.1 Å². The maximum Gasteiger partial charge on any atom is 0.216 e. The molecule has 1 unspecified atom stereocenters. The molecule has 102 valence electrons. The van der Waals surface area contributed by atoms with E-state index >= 15 is 0 Å². The minimum absolute atomic E-state index is 0.257. The standard InChI is InChI=1S/C14H20N4O/c1-10(12-5-7-15-8-6-12)16-9-13-11(2)17-18(3)14(13)19-4/h5-8,10,16H,9H2,1-4H3. The van der Waals surface area contributed by atoms with E-state index in [0.717, 1.165) is 23.7 Å². The molecule has 1 N–H and O–H groups in total. The number of hydrogen-bond donors (Lipinski definition) is 1. The van der Waals surface area contributed by atoms with Gasteiger partial charge >= 0.3 is 0 Å². The van der Waals surface area contributed by atoms with E-state index in [0.29, 0.717) is 0 Å². The molecule has 0 aliphatic heterocycles. The highest BCUT2D eigenvalue weighted by Gasteiger charge is 2.14. The van der Waals surface area contributed by atoms with E-state index in [1.54, 1.807) is 11.8 Å². The second-order valence-electron chi connectivity index (χ2n) is 4.58. The second-order valence-corrected chi connectivity index (χ2v) is 4.58. The molecule has 0 radical (unpaired) electrons. The fourth-order valence-corrected chi connectivity index (χ4v) is 2.16. The highest BCUT2D eigenvalue weighted by Crippen LogP contribution is 2.21. The lowest BCUT2D eigenvalue weighted by Crippen LogP contribution is -2.18. The molecule has 2 rings (SSSR count). The Hall–Kier alpha value is -1.88. The van der Waals surface area contributed by atoms with E-state index < -0.39 is 0 Å². The van der Waals surface area contributed by atoms with Crippen molar-refractivity contribution in [2.24, 2.45) is 7.05 Å². The highest BCUT2D eigenvalue weighted by atomic mass is 16.5. The van der Waals surface area contributed by atoms with Crippen molar-refractivity contribution < 1.29 is 4.74 Å². The molecule has 0 fully saturated rings. The maximum absolute atomic E-state index is 5.39. The Balaban J connectivity index is 2.07. The molecule has 0 amide bonds. The van der Waals surface area contributed by atoms with Crippen molar-refractivity contribution in [1.29, 1.82) is 0 Å². The Morgan fingerprint density at radius 1 is 1.37 bits per heavy atom. The molecule has 0 aliphatic rings. The first-order valence-electron chi connectivity index (χ1n) is 6.33. The SMILES string of the molecule is COc1c(CNC(C)c2ccncc2)c(C)nn1C. The second kappa shape index (κ2) is 5.84. The van der Waals surface area contributed by atoms with Crippen molar-refractivity contribution in [3.63, 3.8) is 0 Å². The van der Waals surface area contributed by atoms with E-state index in [9.17, 15) is 0 Å². The fourth-order valence-electron chi connectivity index (χ4n) is 2.16. The summed E-state index contributed by atoms with van der Waals surface area (Å²) in [6.45, 7) is 4.86. The summed E-state index contributed by atoms with van der Waals surface area (Å²) in [4.78, 5) is 4.03. The normalized spacial score (nSPS) is 12.4. The zero-order chi connectivity index (χ0) is 13.8. The molecule has 5 heteroatoms. The predicted molar refractivity (Wildman–Crippen MR) is 74.0 cm³/mol. The number of hydrogen-bond acceptors (Lipinski definition) is 4. The van der Waals surface area contributed by atoms with Crippen LogP contribution in [0, 0.1) is 6.92 Å². The quantitative estimate of drug-likeness (QED) is 0.893. The zero-order valence-corrected chi connectivity index (χ0v) is 11.8. The highest BCUT2D eigenvalue weighted by molar-refractivity contribution is 5.31. The van der Waals surface area contributed by atoms with Gasteiger partial charge in [0.2, 0.25) is 5.88 Å². The molecule has 2 aromatic heterocycles. The van der Waals surface area contributed by atoms with Gasteiger partial charge in [-0.15, -0.1) is 0 Å². The van der Waals surface area contributed by atoms with Crippen LogP contribution >= 0.6 is 0 Å². The molecule has 5 nitrogen and oxygen atoms in total. The van der Waals surface area contributed by atoms with Crippen molar-refractivity contribution in [1.82, 2.24) is 20.1 Å². The first-order valence-corrected chi connectivity index (χ1v) is 6.33. The van der Waals surface area contributed by atoms with Gasteiger partial charge in [-0.3, -0.25) is 4.98 Å². The summed E-state index contributed by atoms with van der Waals surface area (Å²) >= 11 is 0. The van der Waals surface area contributed by atoms with Crippen LogP contribution in [0.25, 0.3) is 0 Å². The van der Waals surface area contributed by atoms with Gasteiger partial charge in [0.25, 0.3) is 0 Å². The molecule has 0 aromatic carbocycles. The fraction of sp³-hybridized carbons (Fsp3) is 0.429. The van der Waals surface area contributed by atoms with Crippen molar-refractivity contribution in [3.05, 3.63) is 41.3 Å². The van der Waals surface area contributed by atoms with Gasteiger partial charge in [0, 0.05) is 32.0 Å². The number of ether oxygens (including phenoxy) is 1. The minimum atomic E-state index is 0.257. The number of aryl methyl sites for hydroxylation is 2. The Morgan fingerprint density at radius 2 is 2.05 bits per heavy atom. The summed E-state index contributed by atoms with van der Waals surface area (Å²) in [6.07, 6.45) is 3.62. The summed E-state index contributed by atoms with van der Waals surface area (Å²) in [5.74, 6) is 0.812.